The Morgan fingerprint density at radius 1 is 1.20 bits per heavy atom. The van der Waals surface area contributed by atoms with E-state index < -0.39 is 0 Å². The lowest BCUT2D eigenvalue weighted by Crippen LogP contribution is -2.24. The van der Waals surface area contributed by atoms with E-state index in [1.54, 1.807) is 11.3 Å². The molecule has 4 rings (SSSR count). The molecule has 1 atom stereocenters. The maximum Gasteiger partial charge on any atom is 0.183 e. The van der Waals surface area contributed by atoms with Crippen LogP contribution < -0.4 is 5.32 Å². The second-order valence-corrected chi connectivity index (χ2v) is 6.49. The second kappa shape index (κ2) is 4.76. The fourth-order valence-corrected chi connectivity index (χ4v) is 3.91. The van der Waals surface area contributed by atoms with E-state index >= 15 is 0 Å². The van der Waals surface area contributed by atoms with Gasteiger partial charge in [0.25, 0.3) is 0 Å². The Morgan fingerprint density at radius 2 is 2.10 bits per heavy atom. The number of aromatic nitrogens is 1. The van der Waals surface area contributed by atoms with E-state index in [4.69, 9.17) is 11.6 Å². The van der Waals surface area contributed by atoms with Crippen LogP contribution in [0.3, 0.4) is 0 Å². The number of benzene rings is 2. The molecule has 0 aliphatic heterocycles. The van der Waals surface area contributed by atoms with Crippen LogP contribution in [-0.4, -0.2) is 11.5 Å². The molecule has 4 heteroatoms. The summed E-state index contributed by atoms with van der Waals surface area (Å²) in [5.74, 6) is 0.605. The molecule has 1 unspecified atom stereocenters. The maximum atomic E-state index is 6.18. The summed E-state index contributed by atoms with van der Waals surface area (Å²) in [5, 5.41) is 5.19. The fourth-order valence-electron chi connectivity index (χ4n) is 2.75. The topological polar surface area (TPSA) is 24.9 Å². The molecule has 3 aromatic rings. The molecule has 2 nitrogen and oxygen atoms in total. The van der Waals surface area contributed by atoms with Crippen LogP contribution in [0.5, 0.6) is 0 Å². The summed E-state index contributed by atoms with van der Waals surface area (Å²) in [4.78, 5) is 4.58. The third kappa shape index (κ3) is 1.98. The number of rotatable bonds is 3. The first-order chi connectivity index (χ1) is 9.81. The molecule has 1 aliphatic rings. The van der Waals surface area contributed by atoms with Gasteiger partial charge in [0, 0.05) is 12.5 Å². The standard InChI is InChI=1S/C16H13ClN2S/c17-13-6-3-7-14-15(13)20-16(19-14)18-9-11-8-10-4-1-2-5-12(10)11/h1-7,11H,8-9H2,(H,18,19). The summed E-state index contributed by atoms with van der Waals surface area (Å²) in [6.45, 7) is 0.939. The van der Waals surface area contributed by atoms with Crippen molar-refractivity contribution in [2.75, 3.05) is 11.9 Å². The molecule has 1 aromatic heterocycles. The quantitative estimate of drug-likeness (QED) is 0.758. The summed E-state index contributed by atoms with van der Waals surface area (Å²) >= 11 is 7.81. The number of hydrogen-bond acceptors (Lipinski definition) is 3. The molecule has 0 fully saturated rings. The highest BCUT2D eigenvalue weighted by molar-refractivity contribution is 7.22. The van der Waals surface area contributed by atoms with Crippen LogP contribution in [0.4, 0.5) is 5.13 Å². The smallest absolute Gasteiger partial charge is 0.183 e. The average molecular weight is 301 g/mol. The third-order valence-corrected chi connectivity index (χ3v) is 5.32. The number of nitrogens with zero attached hydrogens (tertiary/aromatic N) is 1. The van der Waals surface area contributed by atoms with Crippen molar-refractivity contribution in [1.29, 1.82) is 0 Å². The molecule has 100 valence electrons. The third-order valence-electron chi connectivity index (χ3n) is 3.83. The molecule has 1 aliphatic carbocycles. The van der Waals surface area contributed by atoms with Gasteiger partial charge in [-0.2, -0.15) is 0 Å². The summed E-state index contributed by atoms with van der Waals surface area (Å²) in [7, 11) is 0. The Balaban J connectivity index is 1.51. The fraction of sp³-hybridized carbons (Fsp3) is 0.188. The number of anilines is 1. The van der Waals surface area contributed by atoms with Crippen molar-refractivity contribution in [1.82, 2.24) is 4.98 Å². The van der Waals surface area contributed by atoms with Gasteiger partial charge in [-0.15, -0.1) is 0 Å². The van der Waals surface area contributed by atoms with Gasteiger partial charge in [0.15, 0.2) is 5.13 Å². The lowest BCUT2D eigenvalue weighted by molar-refractivity contribution is 0.635. The van der Waals surface area contributed by atoms with Crippen molar-refractivity contribution in [2.45, 2.75) is 12.3 Å². The molecular weight excluding hydrogens is 288 g/mol. The average Bonchev–Trinajstić information content (AvgIpc) is 2.84. The minimum atomic E-state index is 0.605. The first-order valence-corrected chi connectivity index (χ1v) is 7.87. The van der Waals surface area contributed by atoms with Crippen LogP contribution in [0.25, 0.3) is 10.2 Å². The van der Waals surface area contributed by atoms with E-state index in [2.05, 4.69) is 34.6 Å². The van der Waals surface area contributed by atoms with Crippen LogP contribution in [0, 0.1) is 0 Å². The Morgan fingerprint density at radius 3 is 2.95 bits per heavy atom. The number of thiazole rings is 1. The summed E-state index contributed by atoms with van der Waals surface area (Å²) < 4.78 is 1.06. The SMILES string of the molecule is Clc1cccc2nc(NCC3Cc4ccccc43)sc12. The molecule has 0 bridgehead atoms. The maximum absolute atomic E-state index is 6.18. The largest absolute Gasteiger partial charge is 0.361 e. The van der Waals surface area contributed by atoms with Crippen molar-refractivity contribution in [3.63, 3.8) is 0 Å². The zero-order valence-corrected chi connectivity index (χ0v) is 12.3. The highest BCUT2D eigenvalue weighted by Gasteiger charge is 2.25. The lowest BCUT2D eigenvalue weighted by atomic mass is 9.78. The van der Waals surface area contributed by atoms with E-state index in [1.165, 1.54) is 11.1 Å². The second-order valence-electron chi connectivity index (χ2n) is 5.09. The number of halogens is 1. The zero-order chi connectivity index (χ0) is 13.5. The molecule has 20 heavy (non-hydrogen) atoms. The van der Waals surface area contributed by atoms with E-state index in [9.17, 15) is 0 Å². The van der Waals surface area contributed by atoms with Gasteiger partial charge >= 0.3 is 0 Å². The first-order valence-electron chi connectivity index (χ1n) is 6.68. The molecule has 0 radical (unpaired) electrons. The van der Waals surface area contributed by atoms with Crippen molar-refractivity contribution in [2.24, 2.45) is 0 Å². The zero-order valence-electron chi connectivity index (χ0n) is 10.8. The van der Waals surface area contributed by atoms with Crippen LogP contribution in [0.1, 0.15) is 17.0 Å². The van der Waals surface area contributed by atoms with Gasteiger partial charge in [0.1, 0.15) is 0 Å². The molecule has 2 aromatic carbocycles. The molecular formula is C16H13ClN2S. The minimum absolute atomic E-state index is 0.605. The van der Waals surface area contributed by atoms with Crippen molar-refractivity contribution in [3.8, 4) is 0 Å². The van der Waals surface area contributed by atoms with Crippen LogP contribution >= 0.6 is 22.9 Å². The van der Waals surface area contributed by atoms with Gasteiger partial charge in [-0.25, -0.2) is 4.98 Å². The summed E-state index contributed by atoms with van der Waals surface area (Å²) in [6, 6.07) is 14.5. The molecule has 0 amide bonds. The van der Waals surface area contributed by atoms with E-state index in [0.29, 0.717) is 5.92 Å². The Bertz CT molecular complexity index is 781. The Kier molecular flexibility index (Phi) is 2.90. The van der Waals surface area contributed by atoms with E-state index in [0.717, 1.165) is 33.3 Å². The molecule has 1 heterocycles. The summed E-state index contributed by atoms with van der Waals surface area (Å²) in [6.07, 6.45) is 1.16. The highest BCUT2D eigenvalue weighted by atomic mass is 35.5. The van der Waals surface area contributed by atoms with Crippen molar-refractivity contribution >= 4 is 38.3 Å². The highest BCUT2D eigenvalue weighted by Crippen LogP contribution is 2.36. The Hall–Kier alpha value is -1.58. The van der Waals surface area contributed by atoms with Gasteiger partial charge in [-0.05, 0) is 29.7 Å². The van der Waals surface area contributed by atoms with Crippen LogP contribution in [0.15, 0.2) is 42.5 Å². The monoisotopic (exact) mass is 300 g/mol. The predicted octanol–water partition coefficient (Wildman–Crippen LogP) is 4.70. The van der Waals surface area contributed by atoms with E-state index in [-0.39, 0.29) is 0 Å². The van der Waals surface area contributed by atoms with Crippen LogP contribution in [0.2, 0.25) is 5.02 Å². The van der Waals surface area contributed by atoms with Gasteiger partial charge in [-0.3, -0.25) is 0 Å². The molecule has 0 saturated carbocycles. The molecule has 1 N–H and O–H groups in total. The normalized spacial score (nSPS) is 16.8. The van der Waals surface area contributed by atoms with E-state index in [1.807, 2.05) is 18.2 Å². The predicted molar refractivity (Wildman–Crippen MR) is 86.0 cm³/mol. The number of nitrogens with one attached hydrogen (secondary N) is 1. The van der Waals surface area contributed by atoms with Gasteiger partial charge < -0.3 is 5.32 Å². The number of hydrogen-bond donors (Lipinski definition) is 1. The Labute approximate surface area is 126 Å². The first kappa shape index (κ1) is 12.2. The number of fused-ring (bicyclic) bond motifs is 2. The lowest BCUT2D eigenvalue weighted by Gasteiger charge is -2.30. The van der Waals surface area contributed by atoms with Crippen LogP contribution in [-0.2, 0) is 6.42 Å². The summed E-state index contributed by atoms with van der Waals surface area (Å²) in [5.41, 5.74) is 3.92. The molecule has 0 saturated heterocycles. The van der Waals surface area contributed by atoms with Crippen molar-refractivity contribution in [3.05, 3.63) is 58.6 Å². The minimum Gasteiger partial charge on any atom is -0.361 e. The molecule has 0 spiro atoms. The van der Waals surface area contributed by atoms with Gasteiger partial charge in [0.05, 0.1) is 15.2 Å². The van der Waals surface area contributed by atoms with Gasteiger partial charge in [-0.1, -0.05) is 53.3 Å². The van der Waals surface area contributed by atoms with Gasteiger partial charge in [0.2, 0.25) is 0 Å². The van der Waals surface area contributed by atoms with Crippen molar-refractivity contribution < 1.29 is 0 Å².